The molecule has 1 saturated heterocycles. The molecule has 0 N–H and O–H groups in total. The topological polar surface area (TPSA) is 20.3 Å². The third-order valence-corrected chi connectivity index (χ3v) is 3.08. The molecule has 1 fully saturated rings. The van der Waals surface area contributed by atoms with Crippen LogP contribution in [0.3, 0.4) is 0 Å². The third kappa shape index (κ3) is 2.26. The van der Waals surface area contributed by atoms with Gasteiger partial charge in [-0.25, -0.2) is 0 Å². The summed E-state index contributed by atoms with van der Waals surface area (Å²) in [5, 5.41) is 0. The quantitative estimate of drug-likeness (QED) is 0.748. The van der Waals surface area contributed by atoms with Crippen molar-refractivity contribution in [3.63, 3.8) is 0 Å². The molecule has 2 rings (SSSR count). The molecule has 1 aromatic carbocycles. The average Bonchev–Trinajstić information content (AvgIpc) is 2.25. The number of Topliss-reactive ketones (excluding diaryl/α,β-unsaturated/α-hetero) is 1. The number of nitrogens with zero attached hydrogens (tertiary/aromatic N) is 1. The molecule has 0 spiro atoms. The van der Waals surface area contributed by atoms with Crippen molar-refractivity contribution in [2.24, 2.45) is 0 Å². The number of ketones is 1. The predicted octanol–water partition coefficient (Wildman–Crippen LogP) is 2.24. The van der Waals surface area contributed by atoms with Crippen LogP contribution in [0.25, 0.3) is 0 Å². The molecule has 0 radical (unpaired) electrons. The summed E-state index contributed by atoms with van der Waals surface area (Å²) in [6.07, 6.45) is 1.70. The summed E-state index contributed by atoms with van der Waals surface area (Å²) in [4.78, 5) is 13.8. The van der Waals surface area contributed by atoms with E-state index in [9.17, 15) is 4.79 Å². The van der Waals surface area contributed by atoms with E-state index in [2.05, 4.69) is 17.0 Å². The Kier molecular flexibility index (Phi) is 3.17. The smallest absolute Gasteiger partial charge is 0.149 e. The van der Waals surface area contributed by atoms with E-state index in [4.69, 9.17) is 0 Å². The van der Waals surface area contributed by atoms with Gasteiger partial charge in [0, 0.05) is 19.5 Å². The highest BCUT2D eigenvalue weighted by atomic mass is 16.1. The van der Waals surface area contributed by atoms with Gasteiger partial charge in [0.2, 0.25) is 0 Å². The molecule has 1 aliphatic heterocycles. The van der Waals surface area contributed by atoms with Crippen molar-refractivity contribution in [3.8, 4) is 0 Å². The minimum atomic E-state index is 0.190. The van der Waals surface area contributed by atoms with Crippen LogP contribution in [0.4, 0.5) is 0 Å². The fourth-order valence-electron chi connectivity index (χ4n) is 2.05. The number of benzene rings is 1. The SMILES string of the molecule is CCC(=O)C1CCN1Cc1ccccc1. The molecule has 1 aromatic rings. The maximum atomic E-state index is 11.6. The number of likely N-dealkylation sites (tertiary alicyclic amines) is 1. The van der Waals surface area contributed by atoms with Crippen LogP contribution in [0.15, 0.2) is 30.3 Å². The first-order valence-corrected chi connectivity index (χ1v) is 5.62. The van der Waals surface area contributed by atoms with Crippen molar-refractivity contribution in [3.05, 3.63) is 35.9 Å². The zero-order chi connectivity index (χ0) is 10.7. The van der Waals surface area contributed by atoms with Gasteiger partial charge in [0.05, 0.1) is 6.04 Å². The van der Waals surface area contributed by atoms with Gasteiger partial charge in [-0.1, -0.05) is 37.3 Å². The van der Waals surface area contributed by atoms with Crippen LogP contribution in [0.5, 0.6) is 0 Å². The highest BCUT2D eigenvalue weighted by Gasteiger charge is 2.32. The van der Waals surface area contributed by atoms with Gasteiger partial charge >= 0.3 is 0 Å². The summed E-state index contributed by atoms with van der Waals surface area (Å²) in [7, 11) is 0. The first-order valence-electron chi connectivity index (χ1n) is 5.62. The van der Waals surface area contributed by atoms with E-state index in [1.165, 1.54) is 5.56 Å². The van der Waals surface area contributed by atoms with Gasteiger partial charge in [0.15, 0.2) is 0 Å². The number of rotatable bonds is 4. The van der Waals surface area contributed by atoms with Crippen molar-refractivity contribution in [2.75, 3.05) is 6.54 Å². The van der Waals surface area contributed by atoms with Crippen molar-refractivity contribution < 1.29 is 4.79 Å². The highest BCUT2D eigenvalue weighted by molar-refractivity contribution is 5.84. The van der Waals surface area contributed by atoms with Gasteiger partial charge in [0.25, 0.3) is 0 Å². The Balaban J connectivity index is 1.94. The van der Waals surface area contributed by atoms with E-state index in [-0.39, 0.29) is 6.04 Å². The third-order valence-electron chi connectivity index (χ3n) is 3.08. The summed E-state index contributed by atoms with van der Waals surface area (Å²) in [5.74, 6) is 0.386. The zero-order valence-corrected chi connectivity index (χ0v) is 9.15. The zero-order valence-electron chi connectivity index (χ0n) is 9.15. The monoisotopic (exact) mass is 203 g/mol. The molecule has 1 heterocycles. The first kappa shape index (κ1) is 10.4. The standard InChI is InChI=1S/C13H17NO/c1-2-13(15)12-8-9-14(12)10-11-6-4-3-5-7-11/h3-7,12H,2,8-10H2,1H3. The van der Waals surface area contributed by atoms with Crippen LogP contribution in [0.2, 0.25) is 0 Å². The van der Waals surface area contributed by atoms with Crippen molar-refractivity contribution >= 4 is 5.78 Å². The van der Waals surface area contributed by atoms with E-state index in [1.807, 2.05) is 25.1 Å². The van der Waals surface area contributed by atoms with Crippen molar-refractivity contribution in [1.82, 2.24) is 4.90 Å². The molecule has 0 bridgehead atoms. The maximum absolute atomic E-state index is 11.6. The Morgan fingerprint density at radius 3 is 2.67 bits per heavy atom. The van der Waals surface area contributed by atoms with Gasteiger partial charge in [-0.3, -0.25) is 9.69 Å². The minimum absolute atomic E-state index is 0.190. The Labute approximate surface area is 90.9 Å². The second kappa shape index (κ2) is 4.58. The Bertz CT molecular complexity index is 334. The summed E-state index contributed by atoms with van der Waals surface area (Å²) in [5.41, 5.74) is 1.30. The van der Waals surface area contributed by atoms with E-state index in [0.29, 0.717) is 12.2 Å². The van der Waals surface area contributed by atoms with E-state index in [0.717, 1.165) is 19.5 Å². The average molecular weight is 203 g/mol. The minimum Gasteiger partial charge on any atom is -0.298 e. The summed E-state index contributed by atoms with van der Waals surface area (Å²) >= 11 is 0. The molecule has 80 valence electrons. The van der Waals surface area contributed by atoms with Gasteiger partial charge in [-0.15, -0.1) is 0 Å². The predicted molar refractivity (Wildman–Crippen MR) is 60.6 cm³/mol. The molecule has 0 saturated carbocycles. The molecular weight excluding hydrogens is 186 g/mol. The second-order valence-corrected chi connectivity index (χ2v) is 4.08. The van der Waals surface area contributed by atoms with Gasteiger partial charge in [-0.05, 0) is 12.0 Å². The fourth-order valence-corrected chi connectivity index (χ4v) is 2.05. The number of carbonyl (C=O) groups excluding carboxylic acids is 1. The largest absolute Gasteiger partial charge is 0.298 e. The molecule has 1 aliphatic rings. The molecule has 2 nitrogen and oxygen atoms in total. The lowest BCUT2D eigenvalue weighted by Crippen LogP contribution is -2.51. The van der Waals surface area contributed by atoms with Crippen LogP contribution in [-0.2, 0) is 11.3 Å². The van der Waals surface area contributed by atoms with Gasteiger partial charge in [0.1, 0.15) is 5.78 Å². The summed E-state index contributed by atoms with van der Waals surface area (Å²) in [6, 6.07) is 10.5. The molecular formula is C13H17NO. The van der Waals surface area contributed by atoms with Crippen LogP contribution in [0.1, 0.15) is 25.3 Å². The molecule has 0 aliphatic carbocycles. The lowest BCUT2D eigenvalue weighted by atomic mass is 9.96. The van der Waals surface area contributed by atoms with Gasteiger partial charge < -0.3 is 0 Å². The number of hydrogen-bond donors (Lipinski definition) is 0. The molecule has 0 aromatic heterocycles. The van der Waals surface area contributed by atoms with E-state index in [1.54, 1.807) is 0 Å². The first-order chi connectivity index (χ1) is 7.31. The number of carbonyl (C=O) groups is 1. The number of hydrogen-bond acceptors (Lipinski definition) is 2. The highest BCUT2D eigenvalue weighted by Crippen LogP contribution is 2.21. The molecule has 0 amide bonds. The van der Waals surface area contributed by atoms with Crippen molar-refractivity contribution in [1.29, 1.82) is 0 Å². The van der Waals surface area contributed by atoms with Gasteiger partial charge in [-0.2, -0.15) is 0 Å². The Morgan fingerprint density at radius 1 is 1.40 bits per heavy atom. The Morgan fingerprint density at radius 2 is 2.13 bits per heavy atom. The summed E-state index contributed by atoms with van der Waals surface area (Å²) < 4.78 is 0. The fraction of sp³-hybridized carbons (Fsp3) is 0.462. The molecule has 2 heteroatoms. The second-order valence-electron chi connectivity index (χ2n) is 4.08. The Hall–Kier alpha value is -1.15. The normalized spacial score (nSPS) is 21.0. The van der Waals surface area contributed by atoms with E-state index >= 15 is 0 Å². The summed E-state index contributed by atoms with van der Waals surface area (Å²) in [6.45, 7) is 3.92. The lowest BCUT2D eigenvalue weighted by molar-refractivity contribution is -0.128. The maximum Gasteiger partial charge on any atom is 0.149 e. The van der Waals surface area contributed by atoms with Crippen molar-refractivity contribution in [2.45, 2.75) is 32.4 Å². The van der Waals surface area contributed by atoms with Crippen LogP contribution >= 0.6 is 0 Å². The van der Waals surface area contributed by atoms with Crippen LogP contribution < -0.4 is 0 Å². The van der Waals surface area contributed by atoms with E-state index < -0.39 is 0 Å². The molecule has 1 unspecified atom stereocenters. The molecule has 15 heavy (non-hydrogen) atoms. The molecule has 1 atom stereocenters. The lowest BCUT2D eigenvalue weighted by Gasteiger charge is -2.39. The van der Waals surface area contributed by atoms with Crippen LogP contribution in [-0.4, -0.2) is 23.3 Å². The van der Waals surface area contributed by atoms with Crippen LogP contribution in [0, 0.1) is 0 Å².